The molecular formula is C13H15N5OS. The highest BCUT2D eigenvalue weighted by atomic mass is 32.1. The van der Waals surface area contributed by atoms with Gasteiger partial charge in [0.25, 0.3) is 5.91 Å². The number of hydrogen-bond acceptors (Lipinski definition) is 4. The van der Waals surface area contributed by atoms with Crippen molar-refractivity contribution in [1.82, 2.24) is 19.5 Å². The van der Waals surface area contributed by atoms with Gasteiger partial charge in [-0.15, -0.1) is 0 Å². The number of nitrogens with two attached hydrogens (primary N) is 1. The number of hydrogen-bond donors (Lipinski definition) is 1. The Bertz CT molecular complexity index is 668. The number of nitrogens with zero attached hydrogens (tertiary/aromatic N) is 4. The molecule has 0 saturated carbocycles. The van der Waals surface area contributed by atoms with E-state index < -0.39 is 0 Å². The lowest BCUT2D eigenvalue weighted by Crippen LogP contribution is -2.49. The zero-order valence-corrected chi connectivity index (χ0v) is 11.7. The minimum atomic E-state index is -0.155. The van der Waals surface area contributed by atoms with E-state index in [4.69, 9.17) is 18.0 Å². The Hall–Kier alpha value is -2.02. The average Bonchev–Trinajstić information content (AvgIpc) is 2.90. The van der Waals surface area contributed by atoms with E-state index in [1.807, 2.05) is 0 Å². The Balaban J connectivity index is 1.96. The summed E-state index contributed by atoms with van der Waals surface area (Å²) in [6, 6.07) is -0.155. The fourth-order valence-electron chi connectivity index (χ4n) is 2.62. The highest BCUT2D eigenvalue weighted by Crippen LogP contribution is 2.21. The van der Waals surface area contributed by atoms with E-state index in [1.165, 1.54) is 0 Å². The Morgan fingerprint density at radius 2 is 2.25 bits per heavy atom. The van der Waals surface area contributed by atoms with Crippen molar-refractivity contribution in [3.8, 4) is 0 Å². The van der Waals surface area contributed by atoms with Gasteiger partial charge in [0.15, 0.2) is 0 Å². The number of fused-ring (bicyclic) bond motifs is 1. The molecule has 2 aromatic heterocycles. The molecule has 1 amide bonds. The van der Waals surface area contributed by atoms with Crippen LogP contribution >= 0.6 is 12.2 Å². The molecule has 3 rings (SSSR count). The minimum Gasteiger partial charge on any atom is -0.392 e. The molecule has 1 fully saturated rings. The van der Waals surface area contributed by atoms with E-state index in [9.17, 15) is 4.79 Å². The Kier molecular flexibility index (Phi) is 3.35. The maximum Gasteiger partial charge on any atom is 0.258 e. The summed E-state index contributed by atoms with van der Waals surface area (Å²) < 4.78 is 1.64. The fourth-order valence-corrected chi connectivity index (χ4v) is 2.87. The standard InChI is InChI=1S/C13H15N5OS/c14-12(20)10-3-1-2-5-17(10)13(19)9-7-16-18-6-4-15-8-11(9)18/h4,6-8,10H,1-3,5H2,(H2,14,20). The maximum atomic E-state index is 12.7. The largest absolute Gasteiger partial charge is 0.392 e. The number of rotatable bonds is 2. The lowest BCUT2D eigenvalue weighted by molar-refractivity contribution is 0.0683. The van der Waals surface area contributed by atoms with E-state index in [0.717, 1.165) is 19.3 Å². The number of amides is 1. The topological polar surface area (TPSA) is 76.5 Å². The maximum absolute atomic E-state index is 12.7. The molecule has 1 aliphatic heterocycles. The van der Waals surface area contributed by atoms with Crippen LogP contribution in [-0.4, -0.2) is 43.0 Å². The smallest absolute Gasteiger partial charge is 0.258 e. The van der Waals surface area contributed by atoms with E-state index in [2.05, 4.69) is 10.1 Å². The predicted molar refractivity (Wildman–Crippen MR) is 78.4 cm³/mol. The molecule has 0 spiro atoms. The van der Waals surface area contributed by atoms with Gasteiger partial charge < -0.3 is 10.6 Å². The van der Waals surface area contributed by atoms with Crippen molar-refractivity contribution in [2.75, 3.05) is 6.54 Å². The van der Waals surface area contributed by atoms with Gasteiger partial charge in [-0.2, -0.15) is 5.10 Å². The van der Waals surface area contributed by atoms with Crippen LogP contribution in [0.4, 0.5) is 0 Å². The molecule has 6 nitrogen and oxygen atoms in total. The van der Waals surface area contributed by atoms with E-state index in [0.29, 0.717) is 22.6 Å². The number of carbonyl (C=O) groups is 1. The minimum absolute atomic E-state index is 0.0782. The molecule has 1 unspecified atom stereocenters. The van der Waals surface area contributed by atoms with Gasteiger partial charge in [0.2, 0.25) is 0 Å². The monoisotopic (exact) mass is 289 g/mol. The summed E-state index contributed by atoms with van der Waals surface area (Å²) in [5.41, 5.74) is 7.01. The molecule has 0 aliphatic carbocycles. The Morgan fingerprint density at radius 1 is 1.40 bits per heavy atom. The molecule has 104 valence electrons. The molecule has 1 saturated heterocycles. The van der Waals surface area contributed by atoms with Crippen molar-refractivity contribution in [3.05, 3.63) is 30.4 Å². The van der Waals surface area contributed by atoms with E-state index in [-0.39, 0.29) is 11.9 Å². The van der Waals surface area contributed by atoms with Gasteiger partial charge in [0.05, 0.1) is 34.5 Å². The summed E-state index contributed by atoms with van der Waals surface area (Å²) >= 11 is 5.09. The molecule has 3 heterocycles. The Labute approximate surface area is 121 Å². The predicted octanol–water partition coefficient (Wildman–Crippen LogP) is 1.01. The van der Waals surface area contributed by atoms with Crippen LogP contribution in [0.15, 0.2) is 24.8 Å². The van der Waals surface area contributed by atoms with Gasteiger partial charge in [-0.1, -0.05) is 12.2 Å². The van der Waals surface area contributed by atoms with Crippen LogP contribution in [0.5, 0.6) is 0 Å². The number of likely N-dealkylation sites (tertiary alicyclic amines) is 1. The highest BCUT2D eigenvalue weighted by Gasteiger charge is 2.30. The van der Waals surface area contributed by atoms with E-state index >= 15 is 0 Å². The third-order valence-electron chi connectivity index (χ3n) is 3.65. The third kappa shape index (κ3) is 2.14. The first-order chi connectivity index (χ1) is 9.68. The molecule has 2 aromatic rings. The summed E-state index contributed by atoms with van der Waals surface area (Å²) in [6.07, 6.45) is 9.41. The zero-order chi connectivity index (χ0) is 14.1. The third-order valence-corrected chi connectivity index (χ3v) is 3.92. The van der Waals surface area contributed by atoms with Crippen LogP contribution in [0.3, 0.4) is 0 Å². The molecule has 7 heteroatoms. The molecule has 1 aliphatic rings. The first-order valence-corrected chi connectivity index (χ1v) is 6.97. The van der Waals surface area contributed by atoms with Crippen LogP contribution in [0.2, 0.25) is 0 Å². The number of piperidine rings is 1. The second-order valence-electron chi connectivity index (χ2n) is 4.88. The highest BCUT2D eigenvalue weighted by molar-refractivity contribution is 7.80. The summed E-state index contributed by atoms with van der Waals surface area (Å²) in [5.74, 6) is -0.0782. The van der Waals surface area contributed by atoms with Crippen LogP contribution in [0.1, 0.15) is 29.6 Å². The van der Waals surface area contributed by atoms with Crippen molar-refractivity contribution >= 4 is 28.6 Å². The van der Waals surface area contributed by atoms with Gasteiger partial charge >= 0.3 is 0 Å². The van der Waals surface area contributed by atoms with Gasteiger partial charge in [0, 0.05) is 18.9 Å². The lowest BCUT2D eigenvalue weighted by atomic mass is 10.0. The van der Waals surface area contributed by atoms with Crippen LogP contribution in [0.25, 0.3) is 5.52 Å². The van der Waals surface area contributed by atoms with Crippen LogP contribution in [0, 0.1) is 0 Å². The first kappa shape index (κ1) is 13.0. The number of thiocarbonyl (C=S) groups is 1. The molecule has 1 atom stereocenters. The summed E-state index contributed by atoms with van der Waals surface area (Å²) in [5, 5.41) is 4.17. The van der Waals surface area contributed by atoms with Crippen molar-refractivity contribution < 1.29 is 4.79 Å². The van der Waals surface area contributed by atoms with Crippen molar-refractivity contribution in [1.29, 1.82) is 0 Å². The zero-order valence-electron chi connectivity index (χ0n) is 10.9. The summed E-state index contributed by atoms with van der Waals surface area (Å²) in [6.45, 7) is 0.679. The lowest BCUT2D eigenvalue weighted by Gasteiger charge is -2.34. The Morgan fingerprint density at radius 3 is 3.05 bits per heavy atom. The molecule has 0 bridgehead atoms. The average molecular weight is 289 g/mol. The first-order valence-electron chi connectivity index (χ1n) is 6.56. The van der Waals surface area contributed by atoms with Crippen molar-refractivity contribution in [2.24, 2.45) is 5.73 Å². The molecule has 0 aromatic carbocycles. The van der Waals surface area contributed by atoms with Gasteiger partial charge in [-0.3, -0.25) is 9.78 Å². The van der Waals surface area contributed by atoms with Crippen molar-refractivity contribution in [2.45, 2.75) is 25.3 Å². The SMILES string of the molecule is NC(=S)C1CCCCN1C(=O)c1cnn2ccncc12. The number of aromatic nitrogens is 3. The summed E-state index contributed by atoms with van der Waals surface area (Å²) in [7, 11) is 0. The molecular weight excluding hydrogens is 274 g/mol. The molecule has 2 N–H and O–H groups in total. The second-order valence-corrected chi connectivity index (χ2v) is 5.35. The second kappa shape index (κ2) is 5.16. The van der Waals surface area contributed by atoms with Crippen LogP contribution < -0.4 is 5.73 Å². The van der Waals surface area contributed by atoms with Gasteiger partial charge in [0.1, 0.15) is 0 Å². The van der Waals surface area contributed by atoms with Crippen LogP contribution in [-0.2, 0) is 0 Å². The fraction of sp³-hybridized carbons (Fsp3) is 0.385. The molecule has 0 radical (unpaired) electrons. The summed E-state index contributed by atoms with van der Waals surface area (Å²) in [4.78, 5) is 18.9. The molecule has 20 heavy (non-hydrogen) atoms. The van der Waals surface area contributed by atoms with Gasteiger partial charge in [-0.25, -0.2) is 4.52 Å². The van der Waals surface area contributed by atoms with Crippen molar-refractivity contribution in [3.63, 3.8) is 0 Å². The quantitative estimate of drug-likeness (QED) is 0.835. The van der Waals surface area contributed by atoms with E-state index in [1.54, 1.807) is 34.2 Å². The van der Waals surface area contributed by atoms with Gasteiger partial charge in [-0.05, 0) is 19.3 Å². The number of carbonyl (C=O) groups excluding carboxylic acids is 1. The normalized spacial score (nSPS) is 19.2.